The minimum absolute atomic E-state index is 0.648. The molecule has 1 heterocycles. The Hall–Kier alpha value is -1.68. The molecule has 4 nitrogen and oxygen atoms in total. The zero-order chi connectivity index (χ0) is 11.9. The first-order valence-electron chi connectivity index (χ1n) is 5.95. The minimum atomic E-state index is 0.648. The smallest absolute Gasteiger partial charge is 0.148 e. The molecule has 0 radical (unpaired) electrons. The number of hydrogen-bond donors (Lipinski definition) is 1. The third-order valence-electron chi connectivity index (χ3n) is 2.47. The molecule has 1 N–H and O–H groups in total. The molecular weight excluding hydrogens is 214 g/mol. The van der Waals surface area contributed by atoms with Crippen molar-refractivity contribution in [2.24, 2.45) is 0 Å². The Morgan fingerprint density at radius 3 is 3.00 bits per heavy atom. The summed E-state index contributed by atoms with van der Waals surface area (Å²) in [6, 6.07) is 7.86. The fraction of sp³-hybridized carbons (Fsp3) is 0.385. The van der Waals surface area contributed by atoms with Gasteiger partial charge in [0.25, 0.3) is 0 Å². The zero-order valence-electron chi connectivity index (χ0n) is 10.0. The van der Waals surface area contributed by atoms with Gasteiger partial charge in [-0.05, 0) is 25.1 Å². The van der Waals surface area contributed by atoms with Gasteiger partial charge in [-0.15, -0.1) is 0 Å². The van der Waals surface area contributed by atoms with E-state index in [0.29, 0.717) is 6.61 Å². The van der Waals surface area contributed by atoms with Crippen LogP contribution in [0.3, 0.4) is 0 Å². The first-order valence-corrected chi connectivity index (χ1v) is 5.95. The molecule has 0 bridgehead atoms. The molecule has 0 aliphatic heterocycles. The van der Waals surface area contributed by atoms with Crippen LogP contribution >= 0.6 is 0 Å². The van der Waals surface area contributed by atoms with Crippen molar-refractivity contribution in [3.05, 3.63) is 30.5 Å². The van der Waals surface area contributed by atoms with Gasteiger partial charge in [0.05, 0.1) is 11.7 Å². The summed E-state index contributed by atoms with van der Waals surface area (Å²) in [5.41, 5.74) is 0.867. The number of ether oxygens (including phenoxy) is 1. The van der Waals surface area contributed by atoms with Crippen molar-refractivity contribution in [1.29, 1.82) is 0 Å². The van der Waals surface area contributed by atoms with E-state index in [1.165, 1.54) is 0 Å². The lowest BCUT2D eigenvalue weighted by molar-refractivity contribution is 0.316. The van der Waals surface area contributed by atoms with Crippen LogP contribution in [0.5, 0.6) is 5.75 Å². The summed E-state index contributed by atoms with van der Waals surface area (Å²) in [4.78, 5) is 0. The number of rotatable bonds is 6. The first kappa shape index (κ1) is 11.8. The largest absolute Gasteiger partial charge is 0.490 e. The van der Waals surface area contributed by atoms with Gasteiger partial charge in [-0.25, -0.2) is 0 Å². The highest BCUT2D eigenvalue weighted by Crippen LogP contribution is 2.21. The highest BCUT2D eigenvalue weighted by molar-refractivity contribution is 5.83. The Morgan fingerprint density at radius 1 is 1.24 bits per heavy atom. The van der Waals surface area contributed by atoms with Gasteiger partial charge >= 0.3 is 0 Å². The van der Waals surface area contributed by atoms with Crippen molar-refractivity contribution in [3.8, 4) is 5.75 Å². The van der Waals surface area contributed by atoms with Crippen LogP contribution in [0, 0.1) is 0 Å². The Bertz CT molecular complexity index is 468. The van der Waals surface area contributed by atoms with Crippen molar-refractivity contribution in [1.82, 2.24) is 15.5 Å². The van der Waals surface area contributed by atoms with E-state index in [4.69, 9.17) is 4.74 Å². The minimum Gasteiger partial charge on any atom is -0.490 e. The molecule has 0 spiro atoms. The predicted molar refractivity (Wildman–Crippen MR) is 68.2 cm³/mol. The molecule has 0 amide bonds. The summed E-state index contributed by atoms with van der Waals surface area (Å²) in [6.45, 7) is 4.67. The number of hydrogen-bond acceptors (Lipinski definition) is 4. The fourth-order valence-corrected chi connectivity index (χ4v) is 1.63. The molecule has 0 unspecified atom stereocenters. The molecule has 2 rings (SSSR count). The highest BCUT2D eigenvalue weighted by atomic mass is 16.5. The molecule has 1 aromatic heterocycles. The van der Waals surface area contributed by atoms with Gasteiger partial charge in [0, 0.05) is 11.9 Å². The maximum Gasteiger partial charge on any atom is 0.148 e. The number of aromatic nitrogens is 2. The summed E-state index contributed by atoms with van der Waals surface area (Å²) in [5, 5.41) is 12.3. The standard InChI is InChI=1S/C13H17N3O/c1-2-7-14-8-9-17-13-10-15-16-12-6-4-3-5-11(12)13/h3-6,10,14H,2,7-9H2,1H3. The van der Waals surface area contributed by atoms with Gasteiger partial charge in [-0.1, -0.05) is 19.1 Å². The summed E-state index contributed by atoms with van der Waals surface area (Å²) < 4.78 is 5.70. The summed E-state index contributed by atoms with van der Waals surface area (Å²) in [7, 11) is 0. The normalized spacial score (nSPS) is 10.6. The second-order valence-electron chi connectivity index (χ2n) is 3.82. The second kappa shape index (κ2) is 6.15. The maximum atomic E-state index is 5.70. The van der Waals surface area contributed by atoms with Gasteiger partial charge in [0.1, 0.15) is 12.4 Å². The number of fused-ring (bicyclic) bond motifs is 1. The first-order chi connectivity index (χ1) is 8.42. The Morgan fingerprint density at radius 2 is 2.12 bits per heavy atom. The van der Waals surface area contributed by atoms with Crippen LogP contribution in [-0.4, -0.2) is 29.9 Å². The van der Waals surface area contributed by atoms with Crippen LogP contribution in [0.15, 0.2) is 30.5 Å². The summed E-state index contributed by atoms with van der Waals surface area (Å²) in [6.07, 6.45) is 2.81. The maximum absolute atomic E-state index is 5.70. The molecule has 1 aromatic carbocycles. The van der Waals surface area contributed by atoms with E-state index in [-0.39, 0.29) is 0 Å². The SMILES string of the molecule is CCCNCCOc1cnnc2ccccc12. The average Bonchev–Trinajstić information content (AvgIpc) is 2.39. The van der Waals surface area contributed by atoms with E-state index in [1.807, 2.05) is 24.3 Å². The van der Waals surface area contributed by atoms with Crippen molar-refractivity contribution in [3.63, 3.8) is 0 Å². The van der Waals surface area contributed by atoms with Crippen LogP contribution in [0.2, 0.25) is 0 Å². The number of nitrogens with zero attached hydrogens (tertiary/aromatic N) is 2. The van der Waals surface area contributed by atoms with Gasteiger partial charge in [-0.3, -0.25) is 0 Å². The predicted octanol–water partition coefficient (Wildman–Crippen LogP) is 2.01. The molecule has 0 saturated heterocycles. The molecule has 0 aliphatic rings. The second-order valence-corrected chi connectivity index (χ2v) is 3.82. The quantitative estimate of drug-likeness (QED) is 0.772. The topological polar surface area (TPSA) is 47.0 Å². The van der Waals surface area contributed by atoms with E-state index in [0.717, 1.165) is 36.2 Å². The van der Waals surface area contributed by atoms with Crippen molar-refractivity contribution in [2.75, 3.05) is 19.7 Å². The zero-order valence-corrected chi connectivity index (χ0v) is 10.0. The molecule has 0 saturated carbocycles. The van der Waals surface area contributed by atoms with Gasteiger partial charge in [-0.2, -0.15) is 10.2 Å². The molecule has 0 atom stereocenters. The Kier molecular flexibility index (Phi) is 4.27. The Labute approximate surface area is 101 Å². The lowest BCUT2D eigenvalue weighted by Gasteiger charge is -2.08. The van der Waals surface area contributed by atoms with Crippen LogP contribution in [0.4, 0.5) is 0 Å². The lowest BCUT2D eigenvalue weighted by Crippen LogP contribution is -2.21. The van der Waals surface area contributed by atoms with E-state index >= 15 is 0 Å². The molecule has 90 valence electrons. The van der Waals surface area contributed by atoms with E-state index in [9.17, 15) is 0 Å². The fourth-order valence-electron chi connectivity index (χ4n) is 1.63. The highest BCUT2D eigenvalue weighted by Gasteiger charge is 2.02. The molecule has 2 aromatic rings. The van der Waals surface area contributed by atoms with Crippen LogP contribution < -0.4 is 10.1 Å². The monoisotopic (exact) mass is 231 g/mol. The van der Waals surface area contributed by atoms with E-state index < -0.39 is 0 Å². The number of nitrogens with one attached hydrogen (secondary N) is 1. The van der Waals surface area contributed by atoms with Crippen LogP contribution in [-0.2, 0) is 0 Å². The van der Waals surface area contributed by atoms with Crippen molar-refractivity contribution >= 4 is 10.9 Å². The molecule has 17 heavy (non-hydrogen) atoms. The van der Waals surface area contributed by atoms with Crippen LogP contribution in [0.25, 0.3) is 10.9 Å². The van der Waals surface area contributed by atoms with E-state index in [2.05, 4.69) is 22.4 Å². The summed E-state index contributed by atoms with van der Waals surface area (Å²) in [5.74, 6) is 0.800. The van der Waals surface area contributed by atoms with Crippen molar-refractivity contribution in [2.45, 2.75) is 13.3 Å². The third kappa shape index (κ3) is 3.14. The molecular formula is C13H17N3O. The van der Waals surface area contributed by atoms with Gasteiger partial charge in [0.2, 0.25) is 0 Å². The van der Waals surface area contributed by atoms with Gasteiger partial charge < -0.3 is 10.1 Å². The van der Waals surface area contributed by atoms with Crippen molar-refractivity contribution < 1.29 is 4.74 Å². The Balaban J connectivity index is 1.98. The number of benzene rings is 1. The molecule has 4 heteroatoms. The molecule has 0 aliphatic carbocycles. The average molecular weight is 231 g/mol. The third-order valence-corrected chi connectivity index (χ3v) is 2.47. The van der Waals surface area contributed by atoms with Crippen LogP contribution in [0.1, 0.15) is 13.3 Å². The lowest BCUT2D eigenvalue weighted by atomic mass is 10.2. The summed E-state index contributed by atoms with van der Waals surface area (Å²) >= 11 is 0. The van der Waals surface area contributed by atoms with Gasteiger partial charge in [0.15, 0.2) is 0 Å². The van der Waals surface area contributed by atoms with E-state index in [1.54, 1.807) is 6.20 Å². The molecule has 0 fully saturated rings.